The van der Waals surface area contributed by atoms with Crippen LogP contribution in [0.4, 0.5) is 0 Å². The Morgan fingerprint density at radius 3 is 1.16 bits per heavy atom. The van der Waals surface area contributed by atoms with E-state index >= 15 is 0 Å². The maximum Gasteiger partial charge on any atom is 0.472 e. The lowest BCUT2D eigenvalue weighted by molar-refractivity contribution is -0.153. The number of hydrogen-bond acceptors (Lipinski definition) is 9. The Hall–Kier alpha value is -1.55. The zero-order chi connectivity index (χ0) is 37.0. The smallest absolute Gasteiger partial charge is 0.457 e. The molecular weight excluding hydrogens is 659 g/mol. The molecule has 0 fully saturated rings. The van der Waals surface area contributed by atoms with Crippen molar-refractivity contribution in [2.45, 2.75) is 187 Å². The van der Waals surface area contributed by atoms with E-state index in [1.807, 2.05) is 0 Å². The summed E-state index contributed by atoms with van der Waals surface area (Å²) in [5, 5.41) is 19.1. The summed E-state index contributed by atoms with van der Waals surface area (Å²) < 4.78 is 32.4. The van der Waals surface area contributed by atoms with Gasteiger partial charge in [0.25, 0.3) is 0 Å². The lowest BCUT2D eigenvalue weighted by atomic mass is 10.1. The van der Waals surface area contributed by atoms with Crippen LogP contribution < -0.4 is 0 Å². The van der Waals surface area contributed by atoms with Crippen molar-refractivity contribution in [3.63, 3.8) is 0 Å². The first-order valence-electron chi connectivity index (χ1n) is 19.8. The van der Waals surface area contributed by atoms with Gasteiger partial charge in [-0.2, -0.15) is 0 Å². The Kier molecular flexibility index (Phi) is 34.7. The number of unbranched alkanes of at least 4 members (excludes halogenated alkanes) is 19. The Morgan fingerprint density at radius 2 is 0.820 bits per heavy atom. The molecule has 0 radical (unpaired) electrons. The largest absolute Gasteiger partial charge is 0.472 e. The minimum absolute atomic E-state index is 0.182. The quantitative estimate of drug-likeness (QED) is 0.0244. The summed E-state index contributed by atoms with van der Waals surface area (Å²) in [6.45, 7) is 2.15. The third-order valence-electron chi connectivity index (χ3n) is 8.39. The molecule has 0 saturated heterocycles. The van der Waals surface area contributed by atoms with Crippen molar-refractivity contribution >= 4 is 19.8 Å². The maximum atomic E-state index is 12.3. The number of allylic oxidation sites excluding steroid dienone is 4. The highest BCUT2D eigenvalue weighted by molar-refractivity contribution is 7.47. The number of rotatable bonds is 37. The molecule has 50 heavy (non-hydrogen) atoms. The fourth-order valence-electron chi connectivity index (χ4n) is 5.28. The SMILES string of the molecule is CCCCCC/C=C\CCCCCCCC(=O)OC(CO)COP(=O)(O)OCC(CO)OC(=O)CCCCCCC/C=C\CCCCCCC. The van der Waals surface area contributed by atoms with Crippen LogP contribution in [0.2, 0.25) is 0 Å². The van der Waals surface area contributed by atoms with Crippen molar-refractivity contribution < 1.29 is 47.8 Å². The molecule has 0 bridgehead atoms. The molecule has 0 aromatic carbocycles. The van der Waals surface area contributed by atoms with E-state index in [4.69, 9.17) is 18.5 Å². The van der Waals surface area contributed by atoms with Gasteiger partial charge in [-0.25, -0.2) is 4.57 Å². The molecule has 0 saturated carbocycles. The lowest BCUT2D eigenvalue weighted by Gasteiger charge is -2.20. The zero-order valence-corrected chi connectivity index (χ0v) is 32.5. The summed E-state index contributed by atoms with van der Waals surface area (Å²) in [5.74, 6) is -1.04. The highest BCUT2D eigenvalue weighted by Crippen LogP contribution is 2.43. The van der Waals surface area contributed by atoms with Crippen LogP contribution in [-0.4, -0.2) is 65.7 Å². The van der Waals surface area contributed by atoms with E-state index in [1.54, 1.807) is 0 Å². The van der Waals surface area contributed by atoms with Crippen LogP contribution >= 0.6 is 7.82 Å². The summed E-state index contributed by atoms with van der Waals surface area (Å²) in [5.41, 5.74) is 0. The van der Waals surface area contributed by atoms with Gasteiger partial charge in [-0.05, 0) is 64.2 Å². The number of carbonyl (C=O) groups excluding carboxylic acids is 2. The maximum absolute atomic E-state index is 12.3. The fourth-order valence-corrected chi connectivity index (χ4v) is 6.06. The predicted molar refractivity (Wildman–Crippen MR) is 201 cm³/mol. The monoisotopic (exact) mass is 732 g/mol. The van der Waals surface area contributed by atoms with Gasteiger partial charge in [0, 0.05) is 12.8 Å². The minimum Gasteiger partial charge on any atom is -0.457 e. The molecule has 3 atom stereocenters. The zero-order valence-electron chi connectivity index (χ0n) is 31.6. The summed E-state index contributed by atoms with van der Waals surface area (Å²) in [4.78, 5) is 34.4. The average Bonchev–Trinajstić information content (AvgIpc) is 3.10. The number of hydrogen-bond donors (Lipinski definition) is 3. The first-order chi connectivity index (χ1) is 24.3. The van der Waals surface area contributed by atoms with Gasteiger partial charge < -0.3 is 24.6 Å². The van der Waals surface area contributed by atoms with Crippen molar-refractivity contribution in [3.8, 4) is 0 Å². The molecular formula is C39H73O10P. The summed E-state index contributed by atoms with van der Waals surface area (Å²) in [7, 11) is -4.63. The van der Waals surface area contributed by atoms with Crippen LogP contribution in [0, 0.1) is 0 Å². The molecule has 0 spiro atoms. The topological polar surface area (TPSA) is 149 Å². The summed E-state index contributed by atoms with van der Waals surface area (Å²) >= 11 is 0. The number of aliphatic hydroxyl groups excluding tert-OH is 2. The molecule has 3 unspecified atom stereocenters. The molecule has 0 aliphatic heterocycles. The molecule has 0 aromatic heterocycles. The van der Waals surface area contributed by atoms with E-state index in [9.17, 15) is 29.3 Å². The van der Waals surface area contributed by atoms with Crippen LogP contribution in [0.15, 0.2) is 24.3 Å². The van der Waals surface area contributed by atoms with Crippen molar-refractivity contribution in [1.82, 2.24) is 0 Å². The van der Waals surface area contributed by atoms with E-state index in [1.165, 1.54) is 57.8 Å². The van der Waals surface area contributed by atoms with Crippen molar-refractivity contribution in [2.24, 2.45) is 0 Å². The van der Waals surface area contributed by atoms with Crippen LogP contribution in [0.3, 0.4) is 0 Å². The number of esters is 2. The molecule has 10 nitrogen and oxygen atoms in total. The second kappa shape index (κ2) is 35.8. The Labute approximate surface area is 304 Å². The molecule has 0 amide bonds. The first kappa shape index (κ1) is 48.5. The molecule has 11 heteroatoms. The normalized spacial score (nSPS) is 14.3. The fraction of sp³-hybridized carbons (Fsp3) is 0.846. The van der Waals surface area contributed by atoms with E-state index < -0.39 is 58.4 Å². The molecule has 294 valence electrons. The van der Waals surface area contributed by atoms with Gasteiger partial charge in [0.2, 0.25) is 0 Å². The van der Waals surface area contributed by atoms with E-state index in [2.05, 4.69) is 38.2 Å². The number of aliphatic hydroxyl groups is 2. The second-order valence-electron chi connectivity index (χ2n) is 13.3. The Balaban J connectivity index is 3.99. The van der Waals surface area contributed by atoms with Gasteiger partial charge >= 0.3 is 19.8 Å². The second-order valence-corrected chi connectivity index (χ2v) is 14.7. The highest BCUT2D eigenvalue weighted by Gasteiger charge is 2.27. The number of carbonyl (C=O) groups is 2. The number of phosphoric acid groups is 1. The van der Waals surface area contributed by atoms with Crippen molar-refractivity contribution in [1.29, 1.82) is 0 Å². The van der Waals surface area contributed by atoms with Gasteiger partial charge in [-0.3, -0.25) is 18.6 Å². The van der Waals surface area contributed by atoms with E-state index in [0.29, 0.717) is 12.8 Å². The molecule has 0 aliphatic carbocycles. The Morgan fingerprint density at radius 1 is 0.520 bits per heavy atom. The molecule has 0 rings (SSSR count). The number of phosphoric ester groups is 1. The predicted octanol–water partition coefficient (Wildman–Crippen LogP) is 9.83. The van der Waals surface area contributed by atoms with Gasteiger partial charge in [0.05, 0.1) is 26.4 Å². The van der Waals surface area contributed by atoms with Crippen molar-refractivity contribution in [3.05, 3.63) is 24.3 Å². The summed E-state index contributed by atoms with van der Waals surface area (Å²) in [6, 6.07) is 0. The van der Waals surface area contributed by atoms with Gasteiger partial charge in [-0.1, -0.05) is 122 Å². The van der Waals surface area contributed by atoms with Gasteiger partial charge in [0.15, 0.2) is 0 Å². The number of ether oxygens (including phenoxy) is 2. The summed E-state index contributed by atoms with van der Waals surface area (Å²) in [6.07, 6.45) is 32.9. The molecule has 0 aliphatic rings. The van der Waals surface area contributed by atoms with E-state index in [-0.39, 0.29) is 12.8 Å². The standard InChI is InChI=1S/C39H73O10P/c1-3-5-7-9-11-13-15-17-19-21-23-25-27-29-31-39(43)49-37(33-41)35-47-50(44,45)46-34-36(32-40)48-38(42)30-28-26-24-22-20-18-16-14-12-10-8-6-4-2/h14-17,36-37,40-41H,3-13,18-35H2,1-2H3,(H,44,45)/b16-14-,17-15-. The molecule has 3 N–H and O–H groups in total. The molecule has 0 aromatic rings. The van der Waals surface area contributed by atoms with Crippen molar-refractivity contribution in [2.75, 3.05) is 26.4 Å². The highest BCUT2D eigenvalue weighted by atomic mass is 31.2. The van der Waals surface area contributed by atoms with E-state index in [0.717, 1.165) is 77.0 Å². The third-order valence-corrected chi connectivity index (χ3v) is 9.34. The van der Waals surface area contributed by atoms with Gasteiger partial charge in [-0.15, -0.1) is 0 Å². The third kappa shape index (κ3) is 33.6. The lowest BCUT2D eigenvalue weighted by Crippen LogP contribution is -2.28. The Bertz CT molecular complexity index is 894. The van der Waals surface area contributed by atoms with Crippen LogP contribution in [0.5, 0.6) is 0 Å². The van der Waals surface area contributed by atoms with Crippen LogP contribution in [-0.2, 0) is 32.7 Å². The minimum atomic E-state index is -4.63. The van der Waals surface area contributed by atoms with Gasteiger partial charge in [0.1, 0.15) is 12.2 Å². The van der Waals surface area contributed by atoms with Crippen LogP contribution in [0.25, 0.3) is 0 Å². The molecule has 0 heterocycles. The van der Waals surface area contributed by atoms with Crippen LogP contribution in [0.1, 0.15) is 174 Å². The first-order valence-corrected chi connectivity index (χ1v) is 21.3. The average molecular weight is 733 g/mol.